The van der Waals surface area contributed by atoms with E-state index in [9.17, 15) is 0 Å². The van der Waals surface area contributed by atoms with Gasteiger partial charge in [-0.3, -0.25) is 4.90 Å². The van der Waals surface area contributed by atoms with Gasteiger partial charge in [0.2, 0.25) is 17.6 Å². The first-order chi connectivity index (χ1) is 14.2. The van der Waals surface area contributed by atoms with Gasteiger partial charge in [0, 0.05) is 55.4 Å². The standard InChI is InChI=1S/C21H24N4O3S/c1-15-23-20(24-28-15)14-27-19-6-5-16(18-4-3-7-22-21(18)26-2)12-17(19)13-25-8-10-29-11-9-25/h3-7,12H,8-11,13-14H2,1-2H3. The van der Waals surface area contributed by atoms with Crippen molar-refractivity contribution in [2.45, 2.75) is 20.1 Å². The molecule has 152 valence electrons. The topological polar surface area (TPSA) is 73.5 Å². The van der Waals surface area contributed by atoms with Crippen molar-refractivity contribution in [1.82, 2.24) is 20.0 Å². The molecule has 0 aliphatic carbocycles. The van der Waals surface area contributed by atoms with Gasteiger partial charge >= 0.3 is 0 Å². The number of hydrogen-bond acceptors (Lipinski definition) is 8. The van der Waals surface area contributed by atoms with E-state index in [1.165, 1.54) is 0 Å². The van der Waals surface area contributed by atoms with E-state index in [1.807, 2.05) is 36.0 Å². The molecule has 3 aromatic rings. The second-order valence-electron chi connectivity index (χ2n) is 6.79. The summed E-state index contributed by atoms with van der Waals surface area (Å²) in [6.07, 6.45) is 1.74. The first kappa shape index (κ1) is 19.7. The van der Waals surface area contributed by atoms with Crippen LogP contribution < -0.4 is 9.47 Å². The zero-order chi connectivity index (χ0) is 20.1. The molecule has 0 spiro atoms. The third-order valence-electron chi connectivity index (χ3n) is 4.76. The van der Waals surface area contributed by atoms with Gasteiger partial charge < -0.3 is 14.0 Å². The van der Waals surface area contributed by atoms with Gasteiger partial charge in [-0.2, -0.15) is 16.7 Å². The lowest BCUT2D eigenvalue weighted by Gasteiger charge is -2.27. The molecule has 2 aromatic heterocycles. The van der Waals surface area contributed by atoms with E-state index in [-0.39, 0.29) is 6.61 Å². The van der Waals surface area contributed by atoms with Crippen molar-refractivity contribution in [2.75, 3.05) is 31.7 Å². The Kier molecular flexibility index (Phi) is 6.31. The summed E-state index contributed by atoms with van der Waals surface area (Å²) in [5.74, 6) is 4.85. The second-order valence-corrected chi connectivity index (χ2v) is 8.01. The van der Waals surface area contributed by atoms with E-state index in [0.29, 0.717) is 17.6 Å². The largest absolute Gasteiger partial charge is 0.485 e. The minimum absolute atomic E-state index is 0.274. The molecule has 7 nitrogen and oxygen atoms in total. The van der Waals surface area contributed by atoms with Crippen molar-refractivity contribution in [2.24, 2.45) is 0 Å². The van der Waals surface area contributed by atoms with Gasteiger partial charge in [-0.05, 0) is 29.8 Å². The number of nitrogens with zero attached hydrogens (tertiary/aromatic N) is 4. The van der Waals surface area contributed by atoms with Crippen LogP contribution in [0.1, 0.15) is 17.3 Å². The van der Waals surface area contributed by atoms with E-state index in [2.05, 4.69) is 26.1 Å². The molecule has 0 bridgehead atoms. The molecule has 8 heteroatoms. The smallest absolute Gasteiger partial charge is 0.223 e. The molecule has 0 saturated carbocycles. The molecule has 1 saturated heterocycles. The predicted octanol–water partition coefficient (Wildman–Crippen LogP) is 3.58. The maximum atomic E-state index is 6.06. The average Bonchev–Trinajstić information content (AvgIpc) is 3.18. The fourth-order valence-electron chi connectivity index (χ4n) is 3.33. The summed E-state index contributed by atoms with van der Waals surface area (Å²) in [6.45, 7) is 5.03. The Morgan fingerprint density at radius 1 is 1.21 bits per heavy atom. The number of pyridine rings is 1. The van der Waals surface area contributed by atoms with Gasteiger partial charge in [0.1, 0.15) is 5.75 Å². The second kappa shape index (κ2) is 9.28. The molecule has 1 fully saturated rings. The zero-order valence-corrected chi connectivity index (χ0v) is 17.4. The maximum absolute atomic E-state index is 6.06. The SMILES string of the molecule is COc1ncccc1-c1ccc(OCc2noc(C)n2)c(CN2CCSCC2)c1. The molecular formula is C21H24N4O3S. The maximum Gasteiger partial charge on any atom is 0.223 e. The first-order valence-electron chi connectivity index (χ1n) is 9.57. The van der Waals surface area contributed by atoms with Gasteiger partial charge in [0.25, 0.3) is 0 Å². The number of methoxy groups -OCH3 is 1. The Hall–Kier alpha value is -2.58. The van der Waals surface area contributed by atoms with Gasteiger partial charge in [0.15, 0.2) is 6.61 Å². The lowest BCUT2D eigenvalue weighted by Crippen LogP contribution is -2.32. The van der Waals surface area contributed by atoms with Crippen LogP contribution in [0.5, 0.6) is 11.6 Å². The molecule has 1 aromatic carbocycles. The van der Waals surface area contributed by atoms with Gasteiger partial charge in [-0.25, -0.2) is 4.98 Å². The van der Waals surface area contributed by atoms with Crippen LogP contribution in [-0.4, -0.2) is 51.7 Å². The normalized spacial score (nSPS) is 14.7. The van der Waals surface area contributed by atoms with Crippen molar-refractivity contribution in [1.29, 1.82) is 0 Å². The third-order valence-corrected chi connectivity index (χ3v) is 5.70. The van der Waals surface area contributed by atoms with Crippen LogP contribution in [0, 0.1) is 6.92 Å². The van der Waals surface area contributed by atoms with Crippen LogP contribution >= 0.6 is 11.8 Å². The Morgan fingerprint density at radius 3 is 2.83 bits per heavy atom. The van der Waals surface area contributed by atoms with Crippen LogP contribution in [0.25, 0.3) is 11.1 Å². The third kappa shape index (κ3) is 4.89. The number of rotatable bonds is 7. The fourth-order valence-corrected chi connectivity index (χ4v) is 4.31. The molecular weight excluding hydrogens is 388 g/mol. The van der Waals surface area contributed by atoms with Crippen molar-refractivity contribution in [3.8, 4) is 22.8 Å². The van der Waals surface area contributed by atoms with Crippen molar-refractivity contribution in [3.63, 3.8) is 0 Å². The van der Waals surface area contributed by atoms with E-state index >= 15 is 0 Å². The molecule has 29 heavy (non-hydrogen) atoms. The van der Waals surface area contributed by atoms with Crippen LogP contribution in [0.4, 0.5) is 0 Å². The van der Waals surface area contributed by atoms with Crippen LogP contribution in [0.15, 0.2) is 41.1 Å². The van der Waals surface area contributed by atoms with Crippen LogP contribution in [-0.2, 0) is 13.2 Å². The molecule has 0 atom stereocenters. The first-order valence-corrected chi connectivity index (χ1v) is 10.7. The molecule has 0 unspecified atom stereocenters. The summed E-state index contributed by atoms with van der Waals surface area (Å²) in [7, 11) is 1.64. The molecule has 1 aliphatic rings. The Balaban J connectivity index is 1.62. The van der Waals surface area contributed by atoms with Gasteiger partial charge in [-0.1, -0.05) is 11.2 Å². The highest BCUT2D eigenvalue weighted by Crippen LogP contribution is 2.32. The Labute approximate surface area is 174 Å². The van der Waals surface area contributed by atoms with Crippen LogP contribution in [0.2, 0.25) is 0 Å². The van der Waals surface area contributed by atoms with E-state index < -0.39 is 0 Å². The number of aryl methyl sites for hydroxylation is 1. The lowest BCUT2D eigenvalue weighted by atomic mass is 10.0. The minimum Gasteiger partial charge on any atom is -0.485 e. The van der Waals surface area contributed by atoms with Gasteiger partial charge in [0.05, 0.1) is 7.11 Å². The van der Waals surface area contributed by atoms with E-state index in [0.717, 1.165) is 53.6 Å². The highest BCUT2D eigenvalue weighted by atomic mass is 32.2. The Morgan fingerprint density at radius 2 is 2.07 bits per heavy atom. The lowest BCUT2D eigenvalue weighted by molar-refractivity contribution is 0.263. The fraction of sp³-hybridized carbons (Fsp3) is 0.381. The monoisotopic (exact) mass is 412 g/mol. The number of benzene rings is 1. The summed E-state index contributed by atoms with van der Waals surface area (Å²) in [5.41, 5.74) is 3.14. The summed E-state index contributed by atoms with van der Waals surface area (Å²) in [6, 6.07) is 10.1. The highest BCUT2D eigenvalue weighted by molar-refractivity contribution is 7.99. The van der Waals surface area contributed by atoms with E-state index in [1.54, 1.807) is 20.2 Å². The quantitative estimate of drug-likeness (QED) is 0.583. The zero-order valence-electron chi connectivity index (χ0n) is 16.6. The van der Waals surface area contributed by atoms with E-state index in [4.69, 9.17) is 14.0 Å². The molecule has 0 radical (unpaired) electrons. The molecule has 0 amide bonds. The van der Waals surface area contributed by atoms with Crippen molar-refractivity contribution >= 4 is 11.8 Å². The van der Waals surface area contributed by atoms with Crippen molar-refractivity contribution < 1.29 is 14.0 Å². The molecule has 0 N–H and O–H groups in total. The number of aromatic nitrogens is 3. The molecule has 1 aliphatic heterocycles. The molecule has 4 rings (SSSR count). The highest BCUT2D eigenvalue weighted by Gasteiger charge is 2.16. The summed E-state index contributed by atoms with van der Waals surface area (Å²) >= 11 is 2.00. The summed E-state index contributed by atoms with van der Waals surface area (Å²) in [4.78, 5) is 11.0. The average molecular weight is 413 g/mol. The van der Waals surface area contributed by atoms with Gasteiger partial charge in [-0.15, -0.1) is 0 Å². The number of ether oxygens (including phenoxy) is 2. The summed E-state index contributed by atoms with van der Waals surface area (Å²) in [5, 5.41) is 3.91. The number of thioether (sulfide) groups is 1. The van der Waals surface area contributed by atoms with Crippen molar-refractivity contribution in [3.05, 3.63) is 53.8 Å². The Bertz CT molecular complexity index is 957. The molecule has 3 heterocycles. The summed E-state index contributed by atoms with van der Waals surface area (Å²) < 4.78 is 16.5. The minimum atomic E-state index is 0.274. The number of hydrogen-bond donors (Lipinski definition) is 0. The van der Waals surface area contributed by atoms with Crippen LogP contribution in [0.3, 0.4) is 0 Å². The predicted molar refractivity (Wildman–Crippen MR) is 112 cm³/mol.